The van der Waals surface area contributed by atoms with Gasteiger partial charge in [0.2, 0.25) is 0 Å². The minimum atomic E-state index is 0.797. The third-order valence-electron chi connectivity index (χ3n) is 3.93. The van der Waals surface area contributed by atoms with Crippen LogP contribution in [0.2, 0.25) is 0 Å². The number of benzene rings is 1. The molecule has 5 heteroatoms. The fraction of sp³-hybridized carbons (Fsp3) is 0.625. The maximum Gasteiger partial charge on any atom is 0.165 e. The number of methoxy groups -OCH3 is 2. The second-order valence-electron chi connectivity index (χ2n) is 5.48. The van der Waals surface area contributed by atoms with E-state index in [4.69, 9.17) is 9.47 Å². The lowest BCUT2D eigenvalue weighted by atomic mass is 10.1. The second kappa shape index (κ2) is 8.22. The van der Waals surface area contributed by atoms with Gasteiger partial charge in [0.1, 0.15) is 0 Å². The monoisotopic (exact) mass is 293 g/mol. The molecule has 0 bridgehead atoms. The van der Waals surface area contributed by atoms with Gasteiger partial charge < -0.3 is 19.7 Å². The van der Waals surface area contributed by atoms with E-state index in [0.29, 0.717) is 0 Å². The Kier molecular flexibility index (Phi) is 6.29. The molecule has 118 valence electrons. The van der Waals surface area contributed by atoms with Crippen molar-refractivity contribution in [1.29, 1.82) is 0 Å². The molecule has 1 heterocycles. The molecule has 0 aromatic heterocycles. The average Bonchev–Trinajstić information content (AvgIpc) is 2.53. The van der Waals surface area contributed by atoms with Crippen LogP contribution in [0.1, 0.15) is 5.56 Å². The molecule has 1 aromatic rings. The van der Waals surface area contributed by atoms with Gasteiger partial charge in [-0.25, -0.2) is 0 Å². The molecule has 1 fully saturated rings. The van der Waals surface area contributed by atoms with Crippen LogP contribution in [0.4, 0.5) is 0 Å². The van der Waals surface area contributed by atoms with Crippen molar-refractivity contribution in [1.82, 2.24) is 15.1 Å². The van der Waals surface area contributed by atoms with Crippen LogP contribution in [0.5, 0.6) is 11.5 Å². The number of para-hydroxylation sites is 1. The van der Waals surface area contributed by atoms with Crippen molar-refractivity contribution < 1.29 is 9.47 Å². The van der Waals surface area contributed by atoms with E-state index in [9.17, 15) is 0 Å². The molecular formula is C16H27N3O2. The van der Waals surface area contributed by atoms with Crippen LogP contribution in [0.3, 0.4) is 0 Å². The Morgan fingerprint density at radius 1 is 1.19 bits per heavy atom. The quantitative estimate of drug-likeness (QED) is 0.813. The summed E-state index contributed by atoms with van der Waals surface area (Å²) in [7, 11) is 5.53. The fourth-order valence-electron chi connectivity index (χ4n) is 2.69. The molecule has 0 radical (unpaired) electrons. The molecular weight excluding hydrogens is 266 g/mol. The Balaban J connectivity index is 1.88. The molecule has 1 N–H and O–H groups in total. The normalized spacial score (nSPS) is 16.2. The number of nitrogens with zero attached hydrogens (tertiary/aromatic N) is 2. The third kappa shape index (κ3) is 4.59. The molecule has 0 aliphatic carbocycles. The Labute approximate surface area is 127 Å². The zero-order chi connectivity index (χ0) is 15.1. The van der Waals surface area contributed by atoms with Crippen LogP contribution in [-0.2, 0) is 6.54 Å². The lowest BCUT2D eigenvalue weighted by Crippen LogP contribution is -2.45. The van der Waals surface area contributed by atoms with Gasteiger partial charge in [-0.1, -0.05) is 12.1 Å². The number of likely N-dealkylation sites (N-methyl/N-ethyl adjacent to an activating group) is 1. The minimum Gasteiger partial charge on any atom is -0.493 e. The first-order chi connectivity index (χ1) is 10.2. The predicted octanol–water partition coefficient (Wildman–Crippen LogP) is 1.04. The summed E-state index contributed by atoms with van der Waals surface area (Å²) in [5.74, 6) is 1.64. The first-order valence-electron chi connectivity index (χ1n) is 7.56. The summed E-state index contributed by atoms with van der Waals surface area (Å²) >= 11 is 0. The van der Waals surface area contributed by atoms with E-state index in [0.717, 1.165) is 57.3 Å². The van der Waals surface area contributed by atoms with Crippen molar-refractivity contribution >= 4 is 0 Å². The van der Waals surface area contributed by atoms with Gasteiger partial charge in [0.25, 0.3) is 0 Å². The lowest BCUT2D eigenvalue weighted by Gasteiger charge is -2.29. The number of hydrogen-bond donors (Lipinski definition) is 1. The van der Waals surface area contributed by atoms with E-state index in [1.54, 1.807) is 14.2 Å². The number of hydrogen-bond acceptors (Lipinski definition) is 5. The highest BCUT2D eigenvalue weighted by atomic mass is 16.5. The van der Waals surface area contributed by atoms with Crippen LogP contribution in [-0.4, -0.2) is 70.3 Å². The number of piperazine rings is 1. The van der Waals surface area contributed by atoms with Gasteiger partial charge in [0.05, 0.1) is 14.2 Å². The molecule has 1 aromatic carbocycles. The van der Waals surface area contributed by atoms with Crippen molar-refractivity contribution in [3.8, 4) is 11.5 Å². The highest BCUT2D eigenvalue weighted by molar-refractivity contribution is 5.46. The smallest absolute Gasteiger partial charge is 0.165 e. The van der Waals surface area contributed by atoms with Crippen molar-refractivity contribution in [2.45, 2.75) is 6.54 Å². The van der Waals surface area contributed by atoms with Crippen LogP contribution >= 0.6 is 0 Å². The summed E-state index contributed by atoms with van der Waals surface area (Å²) in [6.07, 6.45) is 0. The Bertz CT molecular complexity index is 434. The van der Waals surface area contributed by atoms with E-state index in [2.05, 4.69) is 28.2 Å². The standard InChI is InChI=1S/C16H27N3O2/c1-18(11-12-19-9-7-17-8-10-19)13-14-5-4-6-15(20-2)16(14)21-3/h4-6,17H,7-13H2,1-3H3. The molecule has 1 aliphatic heterocycles. The highest BCUT2D eigenvalue weighted by Crippen LogP contribution is 2.31. The summed E-state index contributed by atoms with van der Waals surface area (Å²) in [5, 5.41) is 3.38. The first kappa shape index (κ1) is 16.1. The van der Waals surface area contributed by atoms with Crippen molar-refractivity contribution in [2.24, 2.45) is 0 Å². The van der Waals surface area contributed by atoms with Crippen LogP contribution in [0.25, 0.3) is 0 Å². The number of nitrogens with one attached hydrogen (secondary N) is 1. The topological polar surface area (TPSA) is 37.0 Å². The molecule has 1 saturated heterocycles. The molecule has 0 unspecified atom stereocenters. The van der Waals surface area contributed by atoms with Gasteiger partial charge in [-0.05, 0) is 13.1 Å². The summed E-state index contributed by atoms with van der Waals surface area (Å²) in [6, 6.07) is 6.05. The van der Waals surface area contributed by atoms with Crippen LogP contribution in [0, 0.1) is 0 Å². The van der Waals surface area contributed by atoms with Gasteiger partial charge >= 0.3 is 0 Å². The van der Waals surface area contributed by atoms with Crippen LogP contribution in [0.15, 0.2) is 18.2 Å². The largest absolute Gasteiger partial charge is 0.493 e. The van der Waals surface area contributed by atoms with Gasteiger partial charge in [0, 0.05) is 51.4 Å². The molecule has 0 amide bonds. The van der Waals surface area contributed by atoms with E-state index >= 15 is 0 Å². The third-order valence-corrected chi connectivity index (χ3v) is 3.93. The summed E-state index contributed by atoms with van der Waals surface area (Å²) < 4.78 is 10.8. The predicted molar refractivity (Wildman–Crippen MR) is 85.2 cm³/mol. The zero-order valence-electron chi connectivity index (χ0n) is 13.4. The molecule has 5 nitrogen and oxygen atoms in total. The maximum atomic E-state index is 5.49. The van der Waals surface area contributed by atoms with E-state index < -0.39 is 0 Å². The summed E-state index contributed by atoms with van der Waals surface area (Å²) in [4.78, 5) is 4.84. The lowest BCUT2D eigenvalue weighted by molar-refractivity contribution is 0.201. The SMILES string of the molecule is COc1cccc(CN(C)CCN2CCNCC2)c1OC. The van der Waals surface area contributed by atoms with Gasteiger partial charge in [-0.3, -0.25) is 4.90 Å². The van der Waals surface area contributed by atoms with Gasteiger partial charge in [-0.2, -0.15) is 0 Å². The van der Waals surface area contributed by atoms with Gasteiger partial charge in [0.15, 0.2) is 11.5 Å². The Morgan fingerprint density at radius 3 is 2.62 bits per heavy atom. The minimum absolute atomic E-state index is 0.797. The Morgan fingerprint density at radius 2 is 1.95 bits per heavy atom. The maximum absolute atomic E-state index is 5.49. The number of rotatable bonds is 7. The zero-order valence-corrected chi connectivity index (χ0v) is 13.4. The molecule has 1 aliphatic rings. The van der Waals surface area contributed by atoms with E-state index in [1.807, 2.05) is 12.1 Å². The van der Waals surface area contributed by atoms with Crippen LogP contribution < -0.4 is 14.8 Å². The molecule has 0 spiro atoms. The fourth-order valence-corrected chi connectivity index (χ4v) is 2.69. The van der Waals surface area contributed by atoms with Crippen molar-refractivity contribution in [2.75, 3.05) is 60.5 Å². The number of ether oxygens (including phenoxy) is 2. The Hall–Kier alpha value is -1.30. The van der Waals surface area contributed by atoms with E-state index in [1.165, 1.54) is 5.56 Å². The average molecular weight is 293 g/mol. The molecule has 0 atom stereocenters. The van der Waals surface area contributed by atoms with Gasteiger partial charge in [-0.15, -0.1) is 0 Å². The van der Waals surface area contributed by atoms with Crippen molar-refractivity contribution in [3.05, 3.63) is 23.8 Å². The highest BCUT2D eigenvalue weighted by Gasteiger charge is 2.13. The molecule has 2 rings (SSSR count). The molecule has 21 heavy (non-hydrogen) atoms. The van der Waals surface area contributed by atoms with E-state index in [-0.39, 0.29) is 0 Å². The summed E-state index contributed by atoms with van der Waals surface area (Å²) in [5.41, 5.74) is 1.17. The summed E-state index contributed by atoms with van der Waals surface area (Å²) in [6.45, 7) is 7.55. The first-order valence-corrected chi connectivity index (χ1v) is 7.56. The van der Waals surface area contributed by atoms with Crippen molar-refractivity contribution in [3.63, 3.8) is 0 Å². The molecule has 0 saturated carbocycles. The second-order valence-corrected chi connectivity index (χ2v) is 5.48.